The molecule has 0 N–H and O–H groups in total. The van der Waals surface area contributed by atoms with Crippen LogP contribution in [-0.4, -0.2) is 13.7 Å². The van der Waals surface area contributed by atoms with E-state index >= 15 is 0 Å². The van der Waals surface area contributed by atoms with Gasteiger partial charge in [0.05, 0.1) is 62.1 Å². The molecule has 0 aliphatic rings. The van der Waals surface area contributed by atoms with Crippen LogP contribution in [0.1, 0.15) is 11.1 Å². The number of nitriles is 2. The highest BCUT2D eigenvalue weighted by Crippen LogP contribution is 2.41. The van der Waals surface area contributed by atoms with Crippen LogP contribution in [0.2, 0.25) is 0 Å². The van der Waals surface area contributed by atoms with Crippen LogP contribution in [0.5, 0.6) is 0 Å². The second kappa shape index (κ2) is 11.8. The predicted octanol–water partition coefficient (Wildman–Crippen LogP) is 12.4. The molecule has 0 unspecified atom stereocenters. The lowest BCUT2D eigenvalue weighted by molar-refractivity contribution is 1.17. The summed E-state index contributed by atoms with van der Waals surface area (Å²) in [6, 6.07) is 65.9. The first-order valence-electron chi connectivity index (χ1n) is 18.3. The number of fused-ring (bicyclic) bond motifs is 9. The number of rotatable bonds is 4. The Labute approximate surface area is 316 Å². The molecule has 8 aromatic carbocycles. The summed E-state index contributed by atoms with van der Waals surface area (Å²) in [4.78, 5) is 0. The van der Waals surface area contributed by atoms with E-state index in [1.165, 1.54) is 10.8 Å². The Morgan fingerprint density at radius 2 is 0.909 bits per heavy atom. The second-order valence-corrected chi connectivity index (χ2v) is 14.0. The van der Waals surface area contributed by atoms with Crippen LogP contribution >= 0.6 is 0 Å². The Balaban J connectivity index is 1.10. The first-order chi connectivity index (χ1) is 27.2. The first-order valence-corrected chi connectivity index (χ1v) is 18.3. The quantitative estimate of drug-likeness (QED) is 0.184. The zero-order chi connectivity index (χ0) is 36.6. The fourth-order valence-electron chi connectivity index (χ4n) is 8.79. The molecule has 0 atom stereocenters. The zero-order valence-corrected chi connectivity index (χ0v) is 29.5. The van der Waals surface area contributed by atoms with E-state index in [-0.39, 0.29) is 0 Å². The number of aromatic nitrogens is 3. The molecule has 5 nitrogen and oxygen atoms in total. The van der Waals surface area contributed by atoms with Crippen molar-refractivity contribution in [1.29, 1.82) is 10.5 Å². The SMILES string of the molecule is N#Cc1ccc2c3ccccc3n(-c3cccc(-c4ccc(-n5c6ccccc6c6c(-n7c8ccccc8c8ccccc87)cccc65)cc4C#N)c3)c2c1. The zero-order valence-electron chi connectivity index (χ0n) is 29.5. The lowest BCUT2D eigenvalue weighted by Crippen LogP contribution is -1.98. The highest BCUT2D eigenvalue weighted by atomic mass is 15.0. The van der Waals surface area contributed by atoms with Gasteiger partial charge < -0.3 is 13.7 Å². The van der Waals surface area contributed by atoms with Gasteiger partial charge in [-0.25, -0.2) is 0 Å². The molecular weight excluding hydrogens is 671 g/mol. The van der Waals surface area contributed by atoms with Crippen molar-refractivity contribution < 1.29 is 0 Å². The second-order valence-electron chi connectivity index (χ2n) is 14.0. The number of nitrogens with zero attached hydrogens (tertiary/aromatic N) is 5. The van der Waals surface area contributed by atoms with Gasteiger partial charge in [0.25, 0.3) is 0 Å². The lowest BCUT2D eigenvalue weighted by atomic mass is 9.99. The van der Waals surface area contributed by atoms with Gasteiger partial charge in [-0.05, 0) is 83.9 Å². The summed E-state index contributed by atoms with van der Waals surface area (Å²) in [5, 5.41) is 27.4. The van der Waals surface area contributed by atoms with Gasteiger partial charge >= 0.3 is 0 Å². The van der Waals surface area contributed by atoms with E-state index in [4.69, 9.17) is 0 Å². The Morgan fingerprint density at radius 1 is 0.364 bits per heavy atom. The Kier molecular flexibility index (Phi) is 6.61. The molecule has 0 saturated carbocycles. The minimum absolute atomic E-state index is 0.591. The Morgan fingerprint density at radius 3 is 1.58 bits per heavy atom. The maximum absolute atomic E-state index is 10.7. The molecule has 3 aromatic heterocycles. The number of benzene rings is 8. The van der Waals surface area contributed by atoms with Crippen molar-refractivity contribution in [3.05, 3.63) is 187 Å². The topological polar surface area (TPSA) is 62.4 Å². The predicted molar refractivity (Wildman–Crippen MR) is 224 cm³/mol. The molecule has 0 aliphatic heterocycles. The van der Waals surface area contributed by atoms with E-state index in [9.17, 15) is 10.5 Å². The van der Waals surface area contributed by atoms with Crippen molar-refractivity contribution >= 4 is 65.4 Å². The average molecular weight is 700 g/mol. The third-order valence-corrected chi connectivity index (χ3v) is 11.1. The van der Waals surface area contributed by atoms with Crippen LogP contribution in [0.15, 0.2) is 176 Å². The summed E-state index contributed by atoms with van der Waals surface area (Å²) in [6.07, 6.45) is 0. The smallest absolute Gasteiger partial charge is 0.0998 e. The molecule has 11 aromatic rings. The molecule has 0 spiro atoms. The Hall–Kier alpha value is -7.86. The number of hydrogen-bond donors (Lipinski definition) is 0. The minimum atomic E-state index is 0.591. The molecule has 0 radical (unpaired) electrons. The van der Waals surface area contributed by atoms with Crippen LogP contribution in [0.4, 0.5) is 0 Å². The molecule has 0 bridgehead atoms. The van der Waals surface area contributed by atoms with Gasteiger partial charge in [0.15, 0.2) is 0 Å². The molecule has 0 aliphatic carbocycles. The molecule has 0 fully saturated rings. The molecular formula is C50H29N5. The average Bonchev–Trinajstić information content (AvgIpc) is 3.89. The van der Waals surface area contributed by atoms with Crippen molar-refractivity contribution in [3.63, 3.8) is 0 Å². The summed E-state index contributed by atoms with van der Waals surface area (Å²) in [5.41, 5.74) is 12.5. The fraction of sp³-hybridized carbons (Fsp3) is 0. The summed E-state index contributed by atoms with van der Waals surface area (Å²) in [7, 11) is 0. The van der Waals surface area contributed by atoms with Crippen molar-refractivity contribution in [2.75, 3.05) is 0 Å². The van der Waals surface area contributed by atoms with E-state index in [0.29, 0.717) is 11.1 Å². The van der Waals surface area contributed by atoms with Gasteiger partial charge in [0.2, 0.25) is 0 Å². The third-order valence-electron chi connectivity index (χ3n) is 11.1. The van der Waals surface area contributed by atoms with Crippen LogP contribution in [0, 0.1) is 22.7 Å². The van der Waals surface area contributed by atoms with E-state index < -0.39 is 0 Å². The number of hydrogen-bond acceptors (Lipinski definition) is 2. The van der Waals surface area contributed by atoms with Gasteiger partial charge in [-0.3, -0.25) is 0 Å². The summed E-state index contributed by atoms with van der Waals surface area (Å²) in [5.74, 6) is 0. The van der Waals surface area contributed by atoms with E-state index in [2.05, 4.69) is 159 Å². The van der Waals surface area contributed by atoms with Gasteiger partial charge in [0, 0.05) is 43.7 Å². The van der Waals surface area contributed by atoms with Crippen LogP contribution < -0.4 is 0 Å². The highest BCUT2D eigenvalue weighted by Gasteiger charge is 2.20. The Bertz CT molecular complexity index is 3420. The largest absolute Gasteiger partial charge is 0.309 e. The van der Waals surface area contributed by atoms with Crippen molar-refractivity contribution in [3.8, 4) is 40.3 Å². The van der Waals surface area contributed by atoms with Crippen molar-refractivity contribution in [2.24, 2.45) is 0 Å². The van der Waals surface area contributed by atoms with Crippen molar-refractivity contribution in [2.45, 2.75) is 0 Å². The maximum atomic E-state index is 10.7. The molecule has 254 valence electrons. The van der Waals surface area contributed by atoms with Crippen LogP contribution in [-0.2, 0) is 0 Å². The maximum Gasteiger partial charge on any atom is 0.0998 e. The van der Waals surface area contributed by atoms with Gasteiger partial charge in [-0.2, -0.15) is 10.5 Å². The normalized spacial score (nSPS) is 11.6. The molecule has 55 heavy (non-hydrogen) atoms. The first kappa shape index (κ1) is 30.7. The standard InChI is InChI=1S/C50H29N5/c51-30-32-23-25-41-40-15-1-5-17-43(40)54(49(41)27-32)35-12-9-11-33(28-35)37-26-24-36(29-34(37)31-52)53-46-20-8-4-16-42(46)50-47(53)21-10-22-48(50)55-44-18-6-2-13-38(44)39-14-3-7-19-45(39)55/h1-29H. The molecule has 3 heterocycles. The van der Waals surface area contributed by atoms with Gasteiger partial charge in [0.1, 0.15) is 0 Å². The lowest BCUT2D eigenvalue weighted by Gasteiger charge is -2.14. The number of para-hydroxylation sites is 4. The van der Waals surface area contributed by atoms with E-state index in [1.54, 1.807) is 0 Å². The molecule has 0 amide bonds. The summed E-state index contributed by atoms with van der Waals surface area (Å²) >= 11 is 0. The monoisotopic (exact) mass is 699 g/mol. The fourth-order valence-corrected chi connectivity index (χ4v) is 8.79. The van der Waals surface area contributed by atoms with Crippen LogP contribution in [0.3, 0.4) is 0 Å². The van der Waals surface area contributed by atoms with Gasteiger partial charge in [-0.15, -0.1) is 0 Å². The highest BCUT2D eigenvalue weighted by molar-refractivity contribution is 6.16. The minimum Gasteiger partial charge on any atom is -0.309 e. The van der Waals surface area contributed by atoms with E-state index in [1.807, 2.05) is 42.5 Å². The summed E-state index contributed by atoms with van der Waals surface area (Å²) in [6.45, 7) is 0. The molecule has 0 saturated heterocycles. The van der Waals surface area contributed by atoms with Crippen LogP contribution in [0.25, 0.3) is 93.6 Å². The molecule has 11 rings (SSSR count). The van der Waals surface area contributed by atoms with Gasteiger partial charge in [-0.1, -0.05) is 103 Å². The van der Waals surface area contributed by atoms with Crippen molar-refractivity contribution in [1.82, 2.24) is 13.7 Å². The third kappa shape index (κ3) is 4.45. The van der Waals surface area contributed by atoms with E-state index in [0.717, 1.165) is 82.8 Å². The summed E-state index contributed by atoms with van der Waals surface area (Å²) < 4.78 is 6.88. The molecule has 5 heteroatoms.